The molecule has 82 valence electrons. The van der Waals surface area contributed by atoms with E-state index in [2.05, 4.69) is 24.2 Å². The van der Waals surface area contributed by atoms with E-state index in [1.807, 2.05) is 6.08 Å². The summed E-state index contributed by atoms with van der Waals surface area (Å²) < 4.78 is 0. The van der Waals surface area contributed by atoms with Gasteiger partial charge in [-0.2, -0.15) is 0 Å². The maximum atomic E-state index is 5.53. The van der Waals surface area contributed by atoms with Gasteiger partial charge in [0.2, 0.25) is 0 Å². The molecule has 0 aromatic carbocycles. The summed E-state index contributed by atoms with van der Waals surface area (Å²) in [4.78, 5) is 2.47. The lowest BCUT2D eigenvalue weighted by Gasteiger charge is -2.37. The number of likely N-dealkylation sites (tertiary alicyclic amines) is 1. The molecular weight excluding hydrogens is 196 g/mol. The van der Waals surface area contributed by atoms with Crippen molar-refractivity contribution in [2.45, 2.75) is 25.8 Å². The van der Waals surface area contributed by atoms with Gasteiger partial charge in [0.15, 0.2) is 0 Å². The van der Waals surface area contributed by atoms with Crippen LogP contribution in [0.2, 0.25) is 0 Å². The van der Waals surface area contributed by atoms with Gasteiger partial charge in [0.25, 0.3) is 0 Å². The summed E-state index contributed by atoms with van der Waals surface area (Å²) in [6.45, 7) is 5.65. The van der Waals surface area contributed by atoms with Crippen LogP contribution in [0.15, 0.2) is 11.6 Å². The van der Waals surface area contributed by atoms with Crippen molar-refractivity contribution in [1.29, 1.82) is 0 Å². The van der Waals surface area contributed by atoms with E-state index in [4.69, 9.17) is 11.6 Å². The van der Waals surface area contributed by atoms with Gasteiger partial charge < -0.3 is 5.32 Å². The fourth-order valence-corrected chi connectivity index (χ4v) is 2.34. The number of piperidine rings is 1. The van der Waals surface area contributed by atoms with Crippen LogP contribution in [0, 0.1) is 5.92 Å². The number of hydrogen-bond donors (Lipinski definition) is 1. The first-order valence-electron chi connectivity index (χ1n) is 5.46. The second kappa shape index (κ2) is 6.44. The third-order valence-corrected chi connectivity index (χ3v) is 3.34. The maximum Gasteiger partial charge on any atom is 0.0174 e. The number of rotatable bonds is 4. The van der Waals surface area contributed by atoms with E-state index in [0.717, 1.165) is 12.5 Å². The van der Waals surface area contributed by atoms with Crippen molar-refractivity contribution in [3.8, 4) is 0 Å². The standard InChI is InChI=1S/C11H21ClN2/c1-3-10-9-14(7-4-6-12)8-5-11(10)13-2/h4,6,10-11,13H,3,5,7-9H2,1-2H3/b6-4+. The highest BCUT2D eigenvalue weighted by Gasteiger charge is 2.25. The fourth-order valence-electron chi connectivity index (χ4n) is 2.26. The highest BCUT2D eigenvalue weighted by molar-refractivity contribution is 6.25. The van der Waals surface area contributed by atoms with Gasteiger partial charge in [-0.05, 0) is 25.9 Å². The molecule has 1 aliphatic rings. The zero-order valence-corrected chi connectivity index (χ0v) is 9.93. The molecule has 2 unspecified atom stereocenters. The molecule has 0 radical (unpaired) electrons. The van der Waals surface area contributed by atoms with Gasteiger partial charge in [0.05, 0.1) is 0 Å². The molecule has 0 aromatic heterocycles. The summed E-state index contributed by atoms with van der Waals surface area (Å²) in [6, 6.07) is 0.705. The van der Waals surface area contributed by atoms with Crippen LogP contribution >= 0.6 is 11.6 Å². The summed E-state index contributed by atoms with van der Waals surface area (Å²) in [7, 11) is 2.07. The molecule has 1 fully saturated rings. The van der Waals surface area contributed by atoms with Gasteiger partial charge in [-0.15, -0.1) is 0 Å². The predicted molar refractivity (Wildman–Crippen MR) is 62.7 cm³/mol. The topological polar surface area (TPSA) is 15.3 Å². The first-order valence-corrected chi connectivity index (χ1v) is 5.90. The Bertz CT molecular complexity index is 182. The quantitative estimate of drug-likeness (QED) is 0.774. The molecule has 1 heterocycles. The van der Waals surface area contributed by atoms with Crippen LogP contribution in [0.5, 0.6) is 0 Å². The lowest BCUT2D eigenvalue weighted by Crippen LogP contribution is -2.48. The van der Waals surface area contributed by atoms with Crippen LogP contribution in [-0.2, 0) is 0 Å². The minimum Gasteiger partial charge on any atom is -0.317 e. The van der Waals surface area contributed by atoms with Crippen molar-refractivity contribution in [2.24, 2.45) is 5.92 Å². The van der Waals surface area contributed by atoms with Crippen molar-refractivity contribution >= 4 is 11.6 Å². The van der Waals surface area contributed by atoms with Crippen LogP contribution in [0.4, 0.5) is 0 Å². The van der Waals surface area contributed by atoms with Gasteiger partial charge in [-0.3, -0.25) is 4.90 Å². The molecule has 0 spiro atoms. The molecule has 0 bridgehead atoms. The van der Waals surface area contributed by atoms with Gasteiger partial charge >= 0.3 is 0 Å². The average Bonchev–Trinajstić information content (AvgIpc) is 2.25. The van der Waals surface area contributed by atoms with Crippen LogP contribution < -0.4 is 5.32 Å². The Kier molecular flexibility index (Phi) is 5.53. The van der Waals surface area contributed by atoms with Crippen molar-refractivity contribution in [3.63, 3.8) is 0 Å². The zero-order valence-electron chi connectivity index (χ0n) is 9.17. The zero-order chi connectivity index (χ0) is 10.4. The smallest absolute Gasteiger partial charge is 0.0174 e. The molecule has 1 N–H and O–H groups in total. The Labute approximate surface area is 92.3 Å². The van der Waals surface area contributed by atoms with E-state index in [-0.39, 0.29) is 0 Å². The maximum absolute atomic E-state index is 5.53. The molecule has 3 heteroatoms. The minimum absolute atomic E-state index is 0.705. The number of nitrogens with zero attached hydrogens (tertiary/aromatic N) is 1. The van der Waals surface area contributed by atoms with E-state index in [9.17, 15) is 0 Å². The lowest BCUT2D eigenvalue weighted by molar-refractivity contribution is 0.151. The largest absolute Gasteiger partial charge is 0.317 e. The summed E-state index contributed by atoms with van der Waals surface area (Å²) in [6.07, 6.45) is 4.53. The molecule has 1 rings (SSSR count). The van der Waals surface area contributed by atoms with E-state index in [0.29, 0.717) is 6.04 Å². The summed E-state index contributed by atoms with van der Waals surface area (Å²) in [5, 5.41) is 3.41. The monoisotopic (exact) mass is 216 g/mol. The Hall–Kier alpha value is -0.0500. The van der Waals surface area contributed by atoms with Crippen LogP contribution in [0.1, 0.15) is 19.8 Å². The molecule has 0 aromatic rings. The number of nitrogens with one attached hydrogen (secondary N) is 1. The second-order valence-corrected chi connectivity index (χ2v) is 4.23. The molecule has 2 atom stereocenters. The second-order valence-electron chi connectivity index (χ2n) is 3.97. The molecular formula is C11H21ClN2. The van der Waals surface area contributed by atoms with E-state index >= 15 is 0 Å². The molecule has 0 amide bonds. The van der Waals surface area contributed by atoms with Crippen LogP contribution in [0.3, 0.4) is 0 Å². The molecule has 1 aliphatic heterocycles. The van der Waals surface area contributed by atoms with Crippen molar-refractivity contribution < 1.29 is 0 Å². The number of hydrogen-bond acceptors (Lipinski definition) is 2. The Morgan fingerprint density at radius 2 is 2.36 bits per heavy atom. The van der Waals surface area contributed by atoms with Crippen molar-refractivity contribution in [1.82, 2.24) is 10.2 Å². The Morgan fingerprint density at radius 3 is 2.93 bits per heavy atom. The van der Waals surface area contributed by atoms with Gasteiger partial charge in [-0.1, -0.05) is 31.0 Å². The number of halogens is 1. The summed E-state index contributed by atoms with van der Waals surface area (Å²) in [5.74, 6) is 0.789. The summed E-state index contributed by atoms with van der Waals surface area (Å²) >= 11 is 5.53. The van der Waals surface area contributed by atoms with Crippen molar-refractivity contribution in [3.05, 3.63) is 11.6 Å². The molecule has 14 heavy (non-hydrogen) atoms. The average molecular weight is 217 g/mol. The van der Waals surface area contributed by atoms with E-state index in [1.54, 1.807) is 5.54 Å². The Balaban J connectivity index is 2.39. The van der Waals surface area contributed by atoms with Crippen LogP contribution in [-0.4, -0.2) is 37.6 Å². The first kappa shape index (κ1) is 12.0. The predicted octanol–water partition coefficient (Wildman–Crippen LogP) is 2.06. The third-order valence-electron chi connectivity index (χ3n) is 3.17. The minimum atomic E-state index is 0.705. The van der Waals surface area contributed by atoms with Crippen LogP contribution in [0.25, 0.3) is 0 Å². The molecule has 0 aliphatic carbocycles. The van der Waals surface area contributed by atoms with Crippen molar-refractivity contribution in [2.75, 3.05) is 26.7 Å². The van der Waals surface area contributed by atoms with E-state index < -0.39 is 0 Å². The fraction of sp³-hybridized carbons (Fsp3) is 0.818. The normalized spacial score (nSPS) is 29.9. The SMILES string of the molecule is CCC1CN(C/C=C/Cl)CCC1NC. The molecule has 1 saturated heterocycles. The highest BCUT2D eigenvalue weighted by Crippen LogP contribution is 2.19. The Morgan fingerprint density at radius 1 is 1.57 bits per heavy atom. The third kappa shape index (κ3) is 3.26. The van der Waals surface area contributed by atoms with Gasteiger partial charge in [0, 0.05) is 24.7 Å². The van der Waals surface area contributed by atoms with Gasteiger partial charge in [0.1, 0.15) is 0 Å². The first-order chi connectivity index (χ1) is 6.81. The van der Waals surface area contributed by atoms with Gasteiger partial charge in [-0.25, -0.2) is 0 Å². The van der Waals surface area contributed by atoms with E-state index in [1.165, 1.54) is 25.9 Å². The molecule has 0 saturated carbocycles. The summed E-state index contributed by atoms with van der Waals surface area (Å²) in [5.41, 5.74) is 1.62. The lowest BCUT2D eigenvalue weighted by atomic mass is 9.90. The molecule has 2 nitrogen and oxygen atoms in total. The highest BCUT2D eigenvalue weighted by atomic mass is 35.5.